The lowest BCUT2D eigenvalue weighted by atomic mass is 9.99. The van der Waals surface area contributed by atoms with E-state index in [-0.39, 0.29) is 24.3 Å². The first-order valence-corrected chi connectivity index (χ1v) is 11.4. The van der Waals surface area contributed by atoms with Gasteiger partial charge in [-0.2, -0.15) is 0 Å². The fraction of sp³-hybridized carbons (Fsp3) is 0.346. The Morgan fingerprint density at radius 3 is 2.65 bits per heavy atom. The molecule has 1 aromatic heterocycles. The van der Waals surface area contributed by atoms with E-state index in [0.717, 1.165) is 22.4 Å². The van der Waals surface area contributed by atoms with Crippen molar-refractivity contribution in [2.45, 2.75) is 46.1 Å². The van der Waals surface area contributed by atoms with Gasteiger partial charge in [0.25, 0.3) is 5.89 Å². The van der Waals surface area contributed by atoms with Crippen molar-refractivity contribution in [1.82, 2.24) is 15.5 Å². The monoisotopic (exact) mass is 460 g/mol. The molecule has 0 saturated heterocycles. The molecule has 0 radical (unpaired) electrons. The highest BCUT2D eigenvalue weighted by molar-refractivity contribution is 6.03. The third-order valence-electron chi connectivity index (χ3n) is 5.87. The minimum absolute atomic E-state index is 0.112. The third-order valence-corrected chi connectivity index (χ3v) is 5.87. The zero-order valence-electron chi connectivity index (χ0n) is 19.6. The van der Waals surface area contributed by atoms with Crippen LogP contribution in [0, 0.1) is 12.8 Å². The van der Waals surface area contributed by atoms with E-state index in [0.29, 0.717) is 25.2 Å². The van der Waals surface area contributed by atoms with Crippen molar-refractivity contribution in [3.05, 3.63) is 77.0 Å². The number of benzene rings is 2. The maximum Gasteiger partial charge on any atom is 0.286 e. The van der Waals surface area contributed by atoms with E-state index in [9.17, 15) is 14.4 Å². The van der Waals surface area contributed by atoms with Gasteiger partial charge in [-0.05, 0) is 36.5 Å². The minimum Gasteiger partial charge on any atom is -0.418 e. The van der Waals surface area contributed by atoms with Gasteiger partial charge in [0.2, 0.25) is 23.5 Å². The summed E-state index contributed by atoms with van der Waals surface area (Å²) in [4.78, 5) is 39.9. The van der Waals surface area contributed by atoms with Crippen LogP contribution >= 0.6 is 0 Å². The van der Waals surface area contributed by atoms with Crippen molar-refractivity contribution in [2.24, 2.45) is 5.92 Å². The number of carbonyl (C=O) groups excluding carboxylic acids is 3. The molecule has 2 amide bonds. The molecule has 2 heterocycles. The molecular weight excluding hydrogens is 432 g/mol. The molecule has 3 aromatic rings. The molecule has 0 saturated carbocycles. The number of ketones is 1. The number of hydrogen-bond donors (Lipinski definition) is 1. The van der Waals surface area contributed by atoms with Gasteiger partial charge in [0.05, 0.1) is 12.5 Å². The second-order valence-corrected chi connectivity index (χ2v) is 8.93. The largest absolute Gasteiger partial charge is 0.418 e. The van der Waals surface area contributed by atoms with Crippen LogP contribution in [-0.4, -0.2) is 40.4 Å². The highest BCUT2D eigenvalue weighted by Gasteiger charge is 2.31. The molecule has 0 unspecified atom stereocenters. The van der Waals surface area contributed by atoms with Crippen LogP contribution in [0.25, 0.3) is 0 Å². The quantitative estimate of drug-likeness (QED) is 0.517. The van der Waals surface area contributed by atoms with E-state index in [1.807, 2.05) is 69.3 Å². The number of nitrogens with one attached hydrogen (secondary N) is 1. The van der Waals surface area contributed by atoms with E-state index >= 15 is 0 Å². The number of fused-ring (bicyclic) bond motifs is 1. The first kappa shape index (κ1) is 23.4. The van der Waals surface area contributed by atoms with Crippen LogP contribution in [0.1, 0.15) is 53.5 Å². The number of carbonyl (C=O) groups is 3. The first-order valence-electron chi connectivity index (χ1n) is 11.4. The summed E-state index contributed by atoms with van der Waals surface area (Å²) in [6.07, 6.45) is 1.42. The lowest BCUT2D eigenvalue weighted by molar-refractivity contribution is -0.124. The molecule has 1 N–H and O–H groups in total. The van der Waals surface area contributed by atoms with Crippen molar-refractivity contribution in [3.8, 4) is 0 Å². The standard InChI is InChI=1S/C26H28N4O4/c1-16(2)24(25(33)26-29-28-22(34-26)14-18-8-6-7-17(3)13-18)27-21(31)15-30-20-10-5-4-9-19(20)11-12-23(30)32/h4-10,13,16,24H,11-12,14-15H2,1-3H3,(H,27,31)/t24-/m0/s1. The van der Waals surface area contributed by atoms with Crippen LogP contribution in [0.4, 0.5) is 5.69 Å². The van der Waals surface area contributed by atoms with Crippen molar-refractivity contribution < 1.29 is 18.8 Å². The molecule has 176 valence electrons. The summed E-state index contributed by atoms with van der Waals surface area (Å²) in [5.41, 5.74) is 3.88. The van der Waals surface area contributed by atoms with Gasteiger partial charge in [-0.1, -0.05) is 61.9 Å². The first-order chi connectivity index (χ1) is 16.3. The van der Waals surface area contributed by atoms with E-state index in [2.05, 4.69) is 15.5 Å². The van der Waals surface area contributed by atoms with E-state index in [1.54, 1.807) is 0 Å². The molecule has 8 heteroatoms. The number of aromatic nitrogens is 2. The summed E-state index contributed by atoms with van der Waals surface area (Å²) in [5.74, 6) is -1.00. The lowest BCUT2D eigenvalue weighted by Crippen LogP contribution is -2.50. The maximum absolute atomic E-state index is 13.1. The van der Waals surface area contributed by atoms with Crippen LogP contribution < -0.4 is 10.2 Å². The Bertz CT molecular complexity index is 1220. The van der Waals surface area contributed by atoms with Gasteiger partial charge in [0, 0.05) is 12.1 Å². The molecule has 0 aliphatic carbocycles. The second kappa shape index (κ2) is 9.99. The zero-order valence-corrected chi connectivity index (χ0v) is 19.6. The molecule has 34 heavy (non-hydrogen) atoms. The smallest absolute Gasteiger partial charge is 0.286 e. The Morgan fingerprint density at radius 1 is 1.09 bits per heavy atom. The third kappa shape index (κ3) is 5.22. The van der Waals surface area contributed by atoms with E-state index in [4.69, 9.17) is 4.42 Å². The van der Waals surface area contributed by atoms with Gasteiger partial charge in [-0.15, -0.1) is 10.2 Å². The average molecular weight is 461 g/mol. The Hall–Kier alpha value is -3.81. The van der Waals surface area contributed by atoms with Crippen LogP contribution in [0.3, 0.4) is 0 Å². The molecule has 1 aliphatic rings. The van der Waals surface area contributed by atoms with Crippen LogP contribution in [0.5, 0.6) is 0 Å². The molecule has 1 atom stereocenters. The molecule has 8 nitrogen and oxygen atoms in total. The number of para-hydroxylation sites is 1. The summed E-state index contributed by atoms with van der Waals surface area (Å²) in [7, 11) is 0. The number of anilines is 1. The van der Waals surface area contributed by atoms with Gasteiger partial charge in [0.1, 0.15) is 6.54 Å². The summed E-state index contributed by atoms with van der Waals surface area (Å²) in [5, 5.41) is 10.7. The highest BCUT2D eigenvalue weighted by atomic mass is 16.4. The number of Topliss-reactive ketones (excluding diaryl/α,β-unsaturated/α-hetero) is 1. The highest BCUT2D eigenvalue weighted by Crippen LogP contribution is 2.27. The lowest BCUT2D eigenvalue weighted by Gasteiger charge is -2.29. The van der Waals surface area contributed by atoms with Crippen molar-refractivity contribution in [2.75, 3.05) is 11.4 Å². The van der Waals surface area contributed by atoms with Crippen LogP contribution in [0.2, 0.25) is 0 Å². The van der Waals surface area contributed by atoms with E-state index < -0.39 is 17.7 Å². The number of nitrogens with zero attached hydrogens (tertiary/aromatic N) is 3. The average Bonchev–Trinajstić information content (AvgIpc) is 3.27. The summed E-state index contributed by atoms with van der Waals surface area (Å²) < 4.78 is 5.63. The molecule has 4 rings (SSSR count). The number of hydrogen-bond acceptors (Lipinski definition) is 6. The topological polar surface area (TPSA) is 105 Å². The van der Waals surface area contributed by atoms with E-state index in [1.165, 1.54) is 4.90 Å². The Morgan fingerprint density at radius 2 is 1.88 bits per heavy atom. The summed E-state index contributed by atoms with van der Waals surface area (Å²) >= 11 is 0. The van der Waals surface area contributed by atoms with Crippen molar-refractivity contribution in [1.29, 1.82) is 0 Å². The number of rotatable bonds is 8. The second-order valence-electron chi connectivity index (χ2n) is 8.93. The fourth-order valence-electron chi connectivity index (χ4n) is 4.12. The molecular formula is C26H28N4O4. The molecule has 2 aromatic carbocycles. The number of aryl methyl sites for hydroxylation is 2. The van der Waals surface area contributed by atoms with Gasteiger partial charge >= 0.3 is 0 Å². The van der Waals surface area contributed by atoms with Gasteiger partial charge in [-0.3, -0.25) is 14.4 Å². The van der Waals surface area contributed by atoms with Gasteiger partial charge in [-0.25, -0.2) is 0 Å². The van der Waals surface area contributed by atoms with Crippen LogP contribution in [0.15, 0.2) is 52.9 Å². The molecule has 0 fully saturated rings. The van der Waals surface area contributed by atoms with Crippen molar-refractivity contribution in [3.63, 3.8) is 0 Å². The summed E-state index contributed by atoms with van der Waals surface area (Å²) in [6.45, 7) is 5.50. The molecule has 0 spiro atoms. The fourth-order valence-corrected chi connectivity index (χ4v) is 4.12. The Kier molecular flexibility index (Phi) is 6.86. The summed E-state index contributed by atoms with van der Waals surface area (Å²) in [6, 6.07) is 14.6. The zero-order chi connectivity index (χ0) is 24.2. The van der Waals surface area contributed by atoms with Gasteiger partial charge in [0.15, 0.2) is 0 Å². The Labute approximate surface area is 198 Å². The SMILES string of the molecule is Cc1cccc(Cc2nnc(C(=O)[C@@H](NC(=O)CN3C(=O)CCc4ccccc43)C(C)C)o2)c1. The predicted octanol–water partition coefficient (Wildman–Crippen LogP) is 3.27. The predicted molar refractivity (Wildman–Crippen MR) is 126 cm³/mol. The normalized spacial score (nSPS) is 14.1. The Balaban J connectivity index is 1.44. The van der Waals surface area contributed by atoms with Crippen molar-refractivity contribution >= 4 is 23.3 Å². The minimum atomic E-state index is -0.852. The van der Waals surface area contributed by atoms with Crippen LogP contribution in [-0.2, 0) is 22.4 Å². The number of amides is 2. The van der Waals surface area contributed by atoms with Gasteiger partial charge < -0.3 is 14.6 Å². The molecule has 1 aliphatic heterocycles. The maximum atomic E-state index is 13.1. The molecule has 0 bridgehead atoms.